The van der Waals surface area contributed by atoms with E-state index in [9.17, 15) is 19.3 Å². The van der Waals surface area contributed by atoms with E-state index in [4.69, 9.17) is 21.1 Å². The van der Waals surface area contributed by atoms with Crippen molar-refractivity contribution in [3.8, 4) is 5.75 Å². The highest BCUT2D eigenvalue weighted by molar-refractivity contribution is 6.31. The summed E-state index contributed by atoms with van der Waals surface area (Å²) in [6.45, 7) is 5.60. The van der Waals surface area contributed by atoms with E-state index in [-0.39, 0.29) is 35.6 Å². The van der Waals surface area contributed by atoms with Crippen molar-refractivity contribution in [1.29, 1.82) is 0 Å². The van der Waals surface area contributed by atoms with Crippen molar-refractivity contribution < 1.29 is 23.6 Å². The van der Waals surface area contributed by atoms with E-state index < -0.39 is 16.3 Å². The van der Waals surface area contributed by atoms with Crippen LogP contribution in [0, 0.1) is 15.9 Å². The zero-order valence-corrected chi connectivity index (χ0v) is 20.5. The van der Waals surface area contributed by atoms with E-state index in [1.807, 2.05) is 18.7 Å². The maximum absolute atomic E-state index is 13.5. The number of nitro groups is 1. The first kappa shape index (κ1) is 25.5. The fraction of sp³-hybridized carbons (Fsp3) is 0.375. The highest BCUT2D eigenvalue weighted by Gasteiger charge is 2.32. The smallest absolute Gasteiger partial charge is 0.320 e. The lowest BCUT2D eigenvalue weighted by atomic mass is 10.1. The Morgan fingerprint density at radius 3 is 2.81 bits per heavy atom. The van der Waals surface area contributed by atoms with E-state index >= 15 is 0 Å². The number of cyclic esters (lactones) is 1. The van der Waals surface area contributed by atoms with Crippen LogP contribution in [0.25, 0.3) is 10.9 Å². The van der Waals surface area contributed by atoms with Gasteiger partial charge in [0.2, 0.25) is 0 Å². The van der Waals surface area contributed by atoms with E-state index in [0.717, 1.165) is 6.42 Å². The molecule has 0 atom stereocenters. The number of morpholine rings is 1. The van der Waals surface area contributed by atoms with Crippen molar-refractivity contribution in [2.45, 2.75) is 32.3 Å². The van der Waals surface area contributed by atoms with Crippen molar-refractivity contribution >= 4 is 45.7 Å². The van der Waals surface area contributed by atoms with E-state index in [1.165, 1.54) is 36.7 Å². The third-order valence-electron chi connectivity index (χ3n) is 5.57. The first-order valence-electron chi connectivity index (χ1n) is 11.3. The number of carbonyl (C=O) groups excluding carboxylic acids is 1. The number of rotatable bonds is 9. The highest BCUT2D eigenvalue weighted by atomic mass is 35.5. The number of unbranched alkanes of at least 4 members (excludes halogenated alkanes) is 1. The fourth-order valence-electron chi connectivity index (χ4n) is 4.07. The number of halogens is 2. The molecular weight excluding hydrogens is 493 g/mol. The molecule has 1 saturated heterocycles. The number of hydrogen-bond donors (Lipinski definition) is 1. The lowest BCUT2D eigenvalue weighted by molar-refractivity contribution is -0.385. The number of aromatic nitrogens is 2. The summed E-state index contributed by atoms with van der Waals surface area (Å²) in [5.74, 6) is -0.396. The van der Waals surface area contributed by atoms with Crippen LogP contribution in [0.1, 0.15) is 26.7 Å². The number of hydrogen-bond acceptors (Lipinski definition) is 9. The molecule has 4 rings (SSSR count). The summed E-state index contributed by atoms with van der Waals surface area (Å²) >= 11 is 5.84. The van der Waals surface area contributed by atoms with Gasteiger partial charge >= 0.3 is 11.7 Å². The summed E-state index contributed by atoms with van der Waals surface area (Å²) in [6.07, 6.45) is 2.71. The van der Waals surface area contributed by atoms with Gasteiger partial charge in [0.1, 0.15) is 23.6 Å². The van der Waals surface area contributed by atoms with Gasteiger partial charge in [-0.25, -0.2) is 14.4 Å². The Balaban J connectivity index is 1.44. The van der Waals surface area contributed by atoms with Crippen molar-refractivity contribution in [1.82, 2.24) is 14.9 Å². The topological polar surface area (TPSA) is 120 Å². The average molecular weight is 518 g/mol. The minimum atomic E-state index is -0.561. The largest absolute Gasteiger partial charge is 0.487 e. The lowest BCUT2D eigenvalue weighted by Crippen LogP contribution is -2.50. The zero-order chi connectivity index (χ0) is 25.9. The van der Waals surface area contributed by atoms with Crippen LogP contribution < -0.4 is 10.1 Å². The number of fused-ring (bicyclic) bond motifs is 1. The molecule has 1 aliphatic heterocycles. The number of nitro benzene ring substituents is 1. The van der Waals surface area contributed by atoms with Gasteiger partial charge in [0.25, 0.3) is 0 Å². The Labute approximate surface area is 211 Å². The Morgan fingerprint density at radius 2 is 2.08 bits per heavy atom. The summed E-state index contributed by atoms with van der Waals surface area (Å²) in [7, 11) is 0. The minimum absolute atomic E-state index is 0.0658. The normalized spacial score (nSPS) is 15.5. The molecule has 0 bridgehead atoms. The van der Waals surface area contributed by atoms with Crippen LogP contribution in [0.5, 0.6) is 5.75 Å². The molecule has 0 radical (unpaired) electrons. The summed E-state index contributed by atoms with van der Waals surface area (Å²) < 4.78 is 24.5. The van der Waals surface area contributed by atoms with Crippen LogP contribution in [0.3, 0.4) is 0 Å². The monoisotopic (exact) mass is 517 g/mol. The number of nitrogens with one attached hydrogen (secondary N) is 1. The van der Waals surface area contributed by atoms with Crippen LogP contribution in [-0.2, 0) is 9.53 Å². The molecule has 0 unspecified atom stereocenters. The van der Waals surface area contributed by atoms with Crippen molar-refractivity contribution in [3.63, 3.8) is 0 Å². The van der Waals surface area contributed by atoms with Crippen molar-refractivity contribution in [2.75, 3.05) is 31.6 Å². The second-order valence-electron chi connectivity index (χ2n) is 9.07. The molecule has 0 saturated carbocycles. The Morgan fingerprint density at radius 1 is 1.28 bits per heavy atom. The maximum Gasteiger partial charge on any atom is 0.320 e. The van der Waals surface area contributed by atoms with Crippen LogP contribution >= 0.6 is 11.6 Å². The quantitative estimate of drug-likeness (QED) is 0.183. The number of anilines is 2. The summed E-state index contributed by atoms with van der Waals surface area (Å²) in [4.78, 5) is 33.4. The van der Waals surface area contributed by atoms with Gasteiger partial charge in [-0.15, -0.1) is 0 Å². The fourth-order valence-corrected chi connectivity index (χ4v) is 4.25. The molecule has 0 aliphatic carbocycles. The van der Waals surface area contributed by atoms with Gasteiger partial charge in [-0.3, -0.25) is 19.8 Å². The van der Waals surface area contributed by atoms with Gasteiger partial charge in [0.15, 0.2) is 5.75 Å². The third kappa shape index (κ3) is 6.16. The van der Waals surface area contributed by atoms with Crippen LogP contribution in [0.4, 0.5) is 21.6 Å². The van der Waals surface area contributed by atoms with Gasteiger partial charge in [-0.1, -0.05) is 11.6 Å². The maximum atomic E-state index is 13.5. The molecule has 3 aromatic rings. The standard InChI is InChI=1S/C24H25ClFN5O5/c1-24(2)13-30(12-22(32)36-24)7-3-4-8-35-21-11-19-16(10-20(21)31(33)34)23(28-14-27-19)29-15-5-6-18(26)17(25)9-15/h5-6,9-11,14H,3-4,7-8,12-13H2,1-2H3,(H,27,28,29). The molecule has 0 spiro atoms. The third-order valence-corrected chi connectivity index (χ3v) is 5.86. The molecule has 1 N–H and O–H groups in total. The molecule has 12 heteroatoms. The van der Waals surface area contributed by atoms with Gasteiger partial charge in [-0.05, 0) is 51.4 Å². The second-order valence-corrected chi connectivity index (χ2v) is 9.48. The predicted molar refractivity (Wildman–Crippen MR) is 132 cm³/mol. The van der Waals surface area contributed by atoms with Gasteiger partial charge in [-0.2, -0.15) is 0 Å². The summed E-state index contributed by atoms with van der Waals surface area (Å²) in [5, 5.41) is 15.1. The molecule has 1 aliphatic rings. The van der Waals surface area contributed by atoms with Crippen LogP contribution in [0.2, 0.25) is 5.02 Å². The molecule has 2 aromatic carbocycles. The second kappa shape index (κ2) is 10.6. The van der Waals surface area contributed by atoms with Crippen LogP contribution in [0.15, 0.2) is 36.7 Å². The molecule has 2 heterocycles. The SMILES string of the molecule is CC1(C)CN(CCCCOc2cc3ncnc(Nc4ccc(F)c(Cl)c4)c3cc2[N+](=O)[O-])CC(=O)O1. The van der Waals surface area contributed by atoms with E-state index in [2.05, 4.69) is 15.3 Å². The van der Waals surface area contributed by atoms with E-state index in [0.29, 0.717) is 41.9 Å². The van der Waals surface area contributed by atoms with Gasteiger partial charge in [0, 0.05) is 24.4 Å². The first-order valence-corrected chi connectivity index (χ1v) is 11.7. The molecule has 10 nitrogen and oxygen atoms in total. The number of nitrogens with zero attached hydrogens (tertiary/aromatic N) is 4. The van der Waals surface area contributed by atoms with Crippen molar-refractivity contribution in [3.05, 3.63) is 57.6 Å². The summed E-state index contributed by atoms with van der Waals surface area (Å²) in [5.41, 5.74) is 0.166. The number of ether oxygens (including phenoxy) is 2. The number of esters is 1. The molecule has 190 valence electrons. The Bertz CT molecular complexity index is 1310. The molecule has 1 aromatic heterocycles. The molecule has 1 fully saturated rings. The highest BCUT2D eigenvalue weighted by Crippen LogP contribution is 2.35. The van der Waals surface area contributed by atoms with Crippen LogP contribution in [-0.4, -0.2) is 57.6 Å². The molecule has 36 heavy (non-hydrogen) atoms. The number of benzene rings is 2. The molecule has 0 amide bonds. The predicted octanol–water partition coefficient (Wildman–Crippen LogP) is 4.87. The van der Waals surface area contributed by atoms with Crippen molar-refractivity contribution in [2.24, 2.45) is 0 Å². The van der Waals surface area contributed by atoms with Gasteiger partial charge < -0.3 is 14.8 Å². The lowest BCUT2D eigenvalue weighted by Gasteiger charge is -2.37. The van der Waals surface area contributed by atoms with E-state index in [1.54, 1.807) is 0 Å². The summed E-state index contributed by atoms with van der Waals surface area (Å²) in [6, 6.07) is 6.93. The number of carbonyl (C=O) groups is 1. The van der Waals surface area contributed by atoms with Gasteiger partial charge in [0.05, 0.1) is 34.0 Å². The minimum Gasteiger partial charge on any atom is -0.487 e. The average Bonchev–Trinajstić information content (AvgIpc) is 2.79. The first-order chi connectivity index (χ1) is 17.1. The zero-order valence-electron chi connectivity index (χ0n) is 19.8. The Hall–Kier alpha value is -3.57. The molecular formula is C24H25ClFN5O5. The Kier molecular flexibility index (Phi) is 7.51.